The zero-order chi connectivity index (χ0) is 16.0. The fraction of sp³-hybridized carbons (Fsp3) is 0.562. The van der Waals surface area contributed by atoms with Crippen molar-refractivity contribution in [1.82, 2.24) is 10.2 Å². The highest BCUT2D eigenvalue weighted by Gasteiger charge is 2.33. The minimum Gasteiger partial charge on any atom is -0.489 e. The summed E-state index contributed by atoms with van der Waals surface area (Å²) in [6, 6.07) is 6.41. The quantitative estimate of drug-likeness (QED) is 0.422. The molecule has 1 aromatic carbocycles. The minimum atomic E-state index is -0.342. The number of nitrogens with one attached hydrogen (secondary N) is 1. The number of aliphatic imine (C=N–C) groups is 1. The minimum absolute atomic E-state index is 0. The number of ether oxygens (including phenoxy) is 2. The van der Waals surface area contributed by atoms with Crippen molar-refractivity contribution < 1.29 is 13.9 Å². The Morgan fingerprint density at radius 3 is 2.70 bits per heavy atom. The SMILES string of the molecule is CN=C(NCC1(C)COC1)N(C)CCOc1ccccc1F.I. The maximum Gasteiger partial charge on any atom is 0.193 e. The van der Waals surface area contributed by atoms with Gasteiger partial charge >= 0.3 is 0 Å². The van der Waals surface area contributed by atoms with Gasteiger partial charge in [0.15, 0.2) is 17.5 Å². The molecule has 0 aromatic heterocycles. The second-order valence-electron chi connectivity index (χ2n) is 5.90. The first-order chi connectivity index (χ1) is 10.5. The van der Waals surface area contributed by atoms with Crippen molar-refractivity contribution in [3.63, 3.8) is 0 Å². The van der Waals surface area contributed by atoms with Gasteiger partial charge in [0.2, 0.25) is 0 Å². The topological polar surface area (TPSA) is 46.1 Å². The number of nitrogens with zero attached hydrogens (tertiary/aromatic N) is 2. The van der Waals surface area contributed by atoms with Crippen LogP contribution in [0.4, 0.5) is 4.39 Å². The number of hydrogen-bond acceptors (Lipinski definition) is 3. The van der Waals surface area contributed by atoms with Crippen LogP contribution in [0.1, 0.15) is 6.92 Å². The van der Waals surface area contributed by atoms with Crippen LogP contribution in [0.25, 0.3) is 0 Å². The van der Waals surface area contributed by atoms with Crippen LogP contribution in [-0.2, 0) is 4.74 Å². The molecule has 0 spiro atoms. The smallest absolute Gasteiger partial charge is 0.193 e. The molecule has 23 heavy (non-hydrogen) atoms. The van der Waals surface area contributed by atoms with Gasteiger partial charge in [-0.3, -0.25) is 4.99 Å². The molecule has 1 fully saturated rings. The van der Waals surface area contributed by atoms with E-state index in [4.69, 9.17) is 9.47 Å². The molecule has 0 amide bonds. The zero-order valence-electron chi connectivity index (χ0n) is 13.8. The van der Waals surface area contributed by atoms with E-state index in [2.05, 4.69) is 17.2 Å². The van der Waals surface area contributed by atoms with Gasteiger partial charge in [0.1, 0.15) is 6.61 Å². The number of para-hydroxylation sites is 1. The Labute approximate surface area is 154 Å². The van der Waals surface area contributed by atoms with Crippen LogP contribution < -0.4 is 10.1 Å². The summed E-state index contributed by atoms with van der Waals surface area (Å²) >= 11 is 0. The molecular formula is C16H25FIN3O2. The third-order valence-electron chi connectivity index (χ3n) is 3.67. The van der Waals surface area contributed by atoms with Gasteiger partial charge in [-0.2, -0.15) is 0 Å². The van der Waals surface area contributed by atoms with Crippen LogP contribution >= 0.6 is 24.0 Å². The number of guanidine groups is 1. The third kappa shape index (κ3) is 5.80. The van der Waals surface area contributed by atoms with Crippen molar-refractivity contribution in [3.8, 4) is 5.75 Å². The summed E-state index contributed by atoms with van der Waals surface area (Å²) in [6.07, 6.45) is 0. The standard InChI is InChI=1S/C16H24FN3O2.HI/c1-16(11-21-12-16)10-19-15(18-2)20(3)8-9-22-14-7-5-4-6-13(14)17;/h4-7H,8-12H2,1-3H3,(H,18,19);1H. The first-order valence-corrected chi connectivity index (χ1v) is 7.41. The van der Waals surface area contributed by atoms with E-state index in [9.17, 15) is 4.39 Å². The highest BCUT2D eigenvalue weighted by molar-refractivity contribution is 14.0. The number of halogens is 2. The van der Waals surface area contributed by atoms with Crippen molar-refractivity contribution in [2.75, 3.05) is 47.0 Å². The summed E-state index contributed by atoms with van der Waals surface area (Å²) in [5.74, 6) is 0.730. The first kappa shape index (κ1) is 20.0. The molecule has 0 bridgehead atoms. The number of rotatable bonds is 6. The molecule has 0 aliphatic carbocycles. The largest absolute Gasteiger partial charge is 0.489 e. The molecule has 1 N–H and O–H groups in total. The van der Waals surface area contributed by atoms with Crippen LogP contribution in [0, 0.1) is 11.2 Å². The Balaban J connectivity index is 0.00000264. The van der Waals surface area contributed by atoms with Gasteiger partial charge in [0, 0.05) is 26.1 Å². The summed E-state index contributed by atoms with van der Waals surface area (Å²) in [5, 5.41) is 3.34. The fourth-order valence-electron chi connectivity index (χ4n) is 2.19. The Hall–Kier alpha value is -1.09. The lowest BCUT2D eigenvalue weighted by Gasteiger charge is -2.39. The molecule has 7 heteroatoms. The normalized spacial score (nSPS) is 16.1. The van der Waals surface area contributed by atoms with Gasteiger partial charge in [0.05, 0.1) is 19.8 Å². The van der Waals surface area contributed by atoms with Crippen molar-refractivity contribution in [2.24, 2.45) is 10.4 Å². The summed E-state index contributed by atoms with van der Waals surface area (Å²) in [5.41, 5.74) is 0.181. The molecule has 130 valence electrons. The number of benzene rings is 1. The van der Waals surface area contributed by atoms with Crippen molar-refractivity contribution in [1.29, 1.82) is 0 Å². The predicted octanol–water partition coefficient (Wildman–Crippen LogP) is 2.37. The summed E-state index contributed by atoms with van der Waals surface area (Å²) in [7, 11) is 3.68. The number of likely N-dealkylation sites (N-methyl/N-ethyl adjacent to an activating group) is 1. The molecule has 0 saturated carbocycles. The van der Waals surface area contributed by atoms with Gasteiger partial charge in [-0.05, 0) is 12.1 Å². The van der Waals surface area contributed by atoms with Crippen LogP contribution in [-0.4, -0.2) is 57.9 Å². The van der Waals surface area contributed by atoms with Crippen LogP contribution in [0.2, 0.25) is 0 Å². The van der Waals surface area contributed by atoms with E-state index in [-0.39, 0.29) is 41.0 Å². The summed E-state index contributed by atoms with van der Waals surface area (Å²) in [6.45, 7) is 5.55. The summed E-state index contributed by atoms with van der Waals surface area (Å²) < 4.78 is 24.2. The lowest BCUT2D eigenvalue weighted by atomic mass is 9.89. The molecule has 1 heterocycles. The zero-order valence-corrected chi connectivity index (χ0v) is 16.2. The van der Waals surface area contributed by atoms with Gasteiger partial charge < -0.3 is 19.7 Å². The van der Waals surface area contributed by atoms with E-state index in [0.29, 0.717) is 13.2 Å². The summed E-state index contributed by atoms with van der Waals surface area (Å²) in [4.78, 5) is 6.22. The molecular weight excluding hydrogens is 412 g/mol. The Kier molecular flexibility index (Phi) is 8.04. The monoisotopic (exact) mass is 437 g/mol. The molecule has 1 saturated heterocycles. The molecule has 2 rings (SSSR count). The van der Waals surface area contributed by atoms with E-state index in [1.807, 2.05) is 11.9 Å². The highest BCUT2D eigenvalue weighted by Crippen LogP contribution is 2.25. The van der Waals surface area contributed by atoms with Gasteiger partial charge in [-0.15, -0.1) is 24.0 Å². The lowest BCUT2D eigenvalue weighted by Crippen LogP contribution is -2.51. The first-order valence-electron chi connectivity index (χ1n) is 7.41. The second kappa shape index (κ2) is 9.27. The Bertz CT molecular complexity index is 524. The average molecular weight is 437 g/mol. The highest BCUT2D eigenvalue weighted by atomic mass is 127. The maximum atomic E-state index is 13.4. The molecule has 0 unspecified atom stereocenters. The maximum absolute atomic E-state index is 13.4. The molecule has 1 aliphatic rings. The Morgan fingerprint density at radius 2 is 2.13 bits per heavy atom. The van der Waals surface area contributed by atoms with E-state index in [0.717, 1.165) is 25.7 Å². The predicted molar refractivity (Wildman–Crippen MR) is 100 cm³/mol. The molecule has 5 nitrogen and oxygen atoms in total. The van der Waals surface area contributed by atoms with Gasteiger partial charge in [-0.1, -0.05) is 19.1 Å². The van der Waals surface area contributed by atoms with Crippen LogP contribution in [0.5, 0.6) is 5.75 Å². The second-order valence-corrected chi connectivity index (χ2v) is 5.90. The molecule has 0 radical (unpaired) electrons. The lowest BCUT2D eigenvalue weighted by molar-refractivity contribution is -0.0972. The van der Waals surface area contributed by atoms with Gasteiger partial charge in [0.25, 0.3) is 0 Å². The van der Waals surface area contributed by atoms with E-state index >= 15 is 0 Å². The van der Waals surface area contributed by atoms with E-state index in [1.54, 1.807) is 25.2 Å². The molecule has 1 aliphatic heterocycles. The van der Waals surface area contributed by atoms with Crippen molar-refractivity contribution in [2.45, 2.75) is 6.92 Å². The van der Waals surface area contributed by atoms with Crippen LogP contribution in [0.15, 0.2) is 29.3 Å². The average Bonchev–Trinajstić information content (AvgIpc) is 2.48. The van der Waals surface area contributed by atoms with Crippen molar-refractivity contribution >= 4 is 29.9 Å². The van der Waals surface area contributed by atoms with Crippen molar-refractivity contribution in [3.05, 3.63) is 30.1 Å². The van der Waals surface area contributed by atoms with Crippen LogP contribution in [0.3, 0.4) is 0 Å². The fourth-order valence-corrected chi connectivity index (χ4v) is 2.19. The van der Waals surface area contributed by atoms with Gasteiger partial charge in [-0.25, -0.2) is 4.39 Å². The van der Waals surface area contributed by atoms with E-state index < -0.39 is 0 Å². The molecule has 1 aromatic rings. The third-order valence-corrected chi connectivity index (χ3v) is 3.67. The Morgan fingerprint density at radius 1 is 1.43 bits per heavy atom. The number of hydrogen-bond donors (Lipinski definition) is 1. The van der Waals surface area contributed by atoms with E-state index in [1.165, 1.54) is 6.07 Å². The molecule has 0 atom stereocenters.